The van der Waals surface area contributed by atoms with Crippen LogP contribution in [0.1, 0.15) is 29.8 Å². The van der Waals surface area contributed by atoms with Crippen LogP contribution in [0.25, 0.3) is 17.0 Å². The number of hydrogen-bond donors (Lipinski definition) is 2. The maximum atomic E-state index is 13.4. The van der Waals surface area contributed by atoms with Gasteiger partial charge in [0.05, 0.1) is 46.1 Å². The fraction of sp³-hybridized carbons (Fsp3) is 0.321. The van der Waals surface area contributed by atoms with E-state index in [4.69, 9.17) is 43.2 Å². The largest absolute Gasteiger partial charge is 0.539 e. The molecule has 0 bridgehead atoms. The molecule has 0 saturated heterocycles. The molecule has 210 valence electrons. The summed E-state index contributed by atoms with van der Waals surface area (Å²) in [5, 5.41) is 17.0. The number of hydrogen-bond acceptors (Lipinski definition) is 9. The predicted molar refractivity (Wildman–Crippen MR) is 141 cm³/mol. The van der Waals surface area contributed by atoms with E-state index in [0.717, 1.165) is 30.9 Å². The molecule has 0 fully saturated rings. The summed E-state index contributed by atoms with van der Waals surface area (Å²) in [4.78, 5) is 32.8. The summed E-state index contributed by atoms with van der Waals surface area (Å²) in [6, 6.07) is 9.20. The summed E-state index contributed by atoms with van der Waals surface area (Å²) in [5.41, 5.74) is 1.66. The van der Waals surface area contributed by atoms with E-state index in [0.29, 0.717) is 40.4 Å². The maximum absolute atomic E-state index is 13.4. The first kappa shape index (κ1) is 30.7. The van der Waals surface area contributed by atoms with Gasteiger partial charge in [0, 0.05) is 0 Å². The molecule has 0 spiro atoms. The minimum Gasteiger partial charge on any atom is -0.539 e. The molecule has 0 aliphatic heterocycles. The molecule has 0 atom stereocenters. The molecule has 11 heteroatoms. The van der Waals surface area contributed by atoms with E-state index < -0.39 is 11.9 Å². The number of benzene rings is 2. The lowest BCUT2D eigenvalue weighted by atomic mass is 10.0. The van der Waals surface area contributed by atoms with Crippen LogP contribution in [-0.4, -0.2) is 70.4 Å². The molecule has 1 aromatic heterocycles. The minimum absolute atomic E-state index is 0.255. The summed E-state index contributed by atoms with van der Waals surface area (Å²) < 4.78 is 28.3. The topological polar surface area (TPSA) is 149 Å². The van der Waals surface area contributed by atoms with Crippen LogP contribution in [0, 0.1) is 0 Å². The molecule has 1 heterocycles. The van der Waals surface area contributed by atoms with Crippen molar-refractivity contribution in [2.45, 2.75) is 13.8 Å². The van der Waals surface area contributed by atoms with Crippen molar-refractivity contribution in [1.82, 2.24) is 0 Å². The molecular weight excluding hydrogens is 510 g/mol. The van der Waals surface area contributed by atoms with E-state index in [1.54, 1.807) is 25.5 Å². The number of allylic oxidation sites excluding steroid dienone is 1. The Hall–Kier alpha value is -4.51. The van der Waals surface area contributed by atoms with Crippen LogP contribution >= 0.6 is 0 Å². The molecule has 3 aromatic rings. The number of methoxy groups -OCH3 is 3. The highest BCUT2D eigenvalue weighted by Gasteiger charge is 2.28. The highest BCUT2D eigenvalue weighted by Crippen LogP contribution is 2.46. The number of likely N-dealkylation sites (N-methyl/N-ethyl adjacent to an activating group) is 1. The van der Waals surface area contributed by atoms with E-state index in [1.165, 1.54) is 25.2 Å². The van der Waals surface area contributed by atoms with Gasteiger partial charge in [0.25, 0.3) is 0 Å². The molecule has 0 amide bonds. The zero-order valence-electron chi connectivity index (χ0n) is 22.6. The third-order valence-corrected chi connectivity index (χ3v) is 5.85. The van der Waals surface area contributed by atoms with Crippen molar-refractivity contribution in [1.29, 1.82) is 0 Å². The molecule has 0 saturated carbocycles. The second-order valence-corrected chi connectivity index (χ2v) is 8.05. The molecule has 39 heavy (non-hydrogen) atoms. The third kappa shape index (κ3) is 7.99. The van der Waals surface area contributed by atoms with E-state index >= 15 is 0 Å². The smallest absolute Gasteiger partial charge is 0.351 e. The van der Waals surface area contributed by atoms with Gasteiger partial charge < -0.3 is 43.3 Å². The molecule has 2 aromatic carbocycles. The number of carbonyl (C=O) groups excluding carboxylic acids is 2. The van der Waals surface area contributed by atoms with Gasteiger partial charge in [-0.05, 0) is 43.7 Å². The average Bonchev–Trinajstić information content (AvgIpc) is 3.43. The number of nitrogens with one attached hydrogen (secondary N) is 1. The molecule has 11 nitrogen and oxygen atoms in total. The number of aliphatic carboxylic acids is 2. The standard InChI is InChI=1S/C26H31NO6.C2H2O4/c1-6-27(7-2)15-17-33-25-22(21(28)13-10-18-8-11-19(29-3)12-9-18)23(30-4)20-14-16-32-24(20)26(25)31-5;3-1(4)2(5)6/h8-14,16H,6-7,15,17H2,1-5H3;(H,3,4)(H,5,6)/b13-10+;. The Labute approximate surface area is 226 Å². The Morgan fingerprint density at radius 2 is 1.56 bits per heavy atom. The van der Waals surface area contributed by atoms with Gasteiger partial charge >= 0.3 is 5.97 Å². The number of carboxylic acid groups (broad SMARTS) is 2. The molecule has 0 aliphatic rings. The third-order valence-electron chi connectivity index (χ3n) is 5.85. The van der Waals surface area contributed by atoms with Gasteiger partial charge in [0.1, 0.15) is 30.2 Å². The van der Waals surface area contributed by atoms with Crippen LogP contribution in [0.5, 0.6) is 23.0 Å². The van der Waals surface area contributed by atoms with Gasteiger partial charge in [-0.15, -0.1) is 0 Å². The number of furan rings is 1. The second-order valence-electron chi connectivity index (χ2n) is 8.05. The molecular formula is C28H33NO10. The SMILES string of the molecule is CC[NH+](CC)CCOc1c(C(=O)/C=C/c2ccc(OC)cc2)c(OC)c2ccoc2c1OC.O=C([O-])C(=O)O. The maximum Gasteiger partial charge on any atom is 0.351 e. The van der Waals surface area contributed by atoms with Crippen LogP contribution in [0.3, 0.4) is 0 Å². The van der Waals surface area contributed by atoms with Crippen LogP contribution in [0.4, 0.5) is 0 Å². The summed E-state index contributed by atoms with van der Waals surface area (Å²) in [5.74, 6) is -2.41. The van der Waals surface area contributed by atoms with Crippen LogP contribution in [0.15, 0.2) is 47.1 Å². The van der Waals surface area contributed by atoms with Crippen molar-refractivity contribution >= 4 is 34.8 Å². The summed E-state index contributed by atoms with van der Waals surface area (Å²) in [7, 11) is 4.68. The Morgan fingerprint density at radius 1 is 0.949 bits per heavy atom. The van der Waals surface area contributed by atoms with Gasteiger partial charge in [-0.1, -0.05) is 18.2 Å². The number of carbonyl (C=O) groups is 3. The first-order valence-corrected chi connectivity index (χ1v) is 12.1. The van der Waals surface area contributed by atoms with Crippen molar-refractivity contribution in [2.24, 2.45) is 0 Å². The highest BCUT2D eigenvalue weighted by molar-refractivity contribution is 6.26. The van der Waals surface area contributed by atoms with E-state index in [9.17, 15) is 4.79 Å². The first-order chi connectivity index (χ1) is 18.7. The monoisotopic (exact) mass is 543 g/mol. The first-order valence-electron chi connectivity index (χ1n) is 12.1. The van der Waals surface area contributed by atoms with Gasteiger partial charge in [-0.3, -0.25) is 4.79 Å². The Balaban J connectivity index is 0.000000798. The average molecular weight is 544 g/mol. The van der Waals surface area contributed by atoms with E-state index in [-0.39, 0.29) is 5.78 Å². The fourth-order valence-corrected chi connectivity index (χ4v) is 3.75. The lowest BCUT2D eigenvalue weighted by molar-refractivity contribution is -0.896. The van der Waals surface area contributed by atoms with Crippen molar-refractivity contribution < 1.29 is 52.9 Å². The number of carboxylic acids is 2. The van der Waals surface area contributed by atoms with Crippen LogP contribution in [-0.2, 0) is 9.59 Å². The van der Waals surface area contributed by atoms with Gasteiger partial charge in [-0.25, -0.2) is 4.79 Å². The number of rotatable bonds is 12. The number of fused-ring (bicyclic) bond motifs is 1. The molecule has 0 unspecified atom stereocenters. The highest BCUT2D eigenvalue weighted by atomic mass is 16.5. The number of ether oxygens (including phenoxy) is 4. The van der Waals surface area contributed by atoms with Crippen LogP contribution < -0.4 is 29.0 Å². The van der Waals surface area contributed by atoms with Crippen LogP contribution in [0.2, 0.25) is 0 Å². The summed E-state index contributed by atoms with van der Waals surface area (Å²) >= 11 is 0. The molecule has 0 radical (unpaired) electrons. The van der Waals surface area contributed by atoms with E-state index in [1.807, 2.05) is 24.3 Å². The van der Waals surface area contributed by atoms with Crippen molar-refractivity contribution in [3.63, 3.8) is 0 Å². The van der Waals surface area contributed by atoms with Crippen molar-refractivity contribution in [3.8, 4) is 23.0 Å². The normalized spacial score (nSPS) is 10.7. The summed E-state index contributed by atoms with van der Waals surface area (Å²) in [6.07, 6.45) is 4.80. The van der Waals surface area contributed by atoms with Gasteiger partial charge in [-0.2, -0.15) is 0 Å². The number of ketones is 1. The lowest BCUT2D eigenvalue weighted by Gasteiger charge is -2.19. The molecule has 3 rings (SSSR count). The molecule has 2 N–H and O–H groups in total. The quantitative estimate of drug-likeness (QED) is 0.195. The molecule has 0 aliphatic carbocycles. The number of quaternary nitrogens is 1. The summed E-state index contributed by atoms with van der Waals surface area (Å²) in [6.45, 7) is 7.48. The predicted octanol–water partition coefficient (Wildman–Crippen LogP) is 1.48. The zero-order chi connectivity index (χ0) is 28.9. The van der Waals surface area contributed by atoms with Gasteiger partial charge in [0.15, 0.2) is 23.1 Å². The second kappa shape index (κ2) is 15.0. The van der Waals surface area contributed by atoms with Crippen molar-refractivity contribution in [3.05, 3.63) is 53.8 Å². The Morgan fingerprint density at radius 3 is 2.08 bits per heavy atom. The minimum atomic E-state index is -2.07. The van der Waals surface area contributed by atoms with Crippen molar-refractivity contribution in [2.75, 3.05) is 47.6 Å². The Bertz CT molecular complexity index is 1280. The van der Waals surface area contributed by atoms with E-state index in [2.05, 4.69) is 13.8 Å². The zero-order valence-corrected chi connectivity index (χ0v) is 22.6. The van der Waals surface area contributed by atoms with Gasteiger partial charge in [0.2, 0.25) is 5.75 Å². The fourth-order valence-electron chi connectivity index (χ4n) is 3.75. The lowest BCUT2D eigenvalue weighted by Crippen LogP contribution is -3.12. The Kier molecular flexibility index (Phi) is 11.8.